The minimum Gasteiger partial charge on any atom is -0.312 e. The largest absolute Gasteiger partial charge is 0.312 e. The number of rotatable bonds is 5. The Balaban J connectivity index is 2.39. The van der Waals surface area contributed by atoms with Crippen LogP contribution in [0.5, 0.6) is 0 Å². The Labute approximate surface area is 107 Å². The van der Waals surface area contributed by atoms with Gasteiger partial charge in [-0.25, -0.2) is 0 Å². The van der Waals surface area contributed by atoms with Crippen LogP contribution < -0.4 is 10.7 Å². The van der Waals surface area contributed by atoms with Gasteiger partial charge in [-0.05, 0) is 25.1 Å². The number of aromatic nitrogens is 2. The lowest BCUT2D eigenvalue weighted by atomic mass is 10.2. The fourth-order valence-corrected chi connectivity index (χ4v) is 2.14. The Bertz CT molecular complexity index is 577. The molecule has 0 saturated heterocycles. The highest BCUT2D eigenvalue weighted by Crippen LogP contribution is 2.09. The molecule has 4 heteroatoms. The lowest BCUT2D eigenvalue weighted by Gasteiger charge is -2.18. The lowest BCUT2D eigenvalue weighted by molar-refractivity contribution is 0.428. The summed E-state index contributed by atoms with van der Waals surface area (Å²) in [5.74, 6) is 0. The van der Waals surface area contributed by atoms with Crippen molar-refractivity contribution >= 4 is 10.9 Å². The molecule has 0 fully saturated rings. The van der Waals surface area contributed by atoms with Crippen LogP contribution in [0.25, 0.3) is 10.9 Å². The second-order valence-corrected chi connectivity index (χ2v) is 4.37. The highest BCUT2D eigenvalue weighted by Gasteiger charge is 2.08. The molecule has 1 heterocycles. The van der Waals surface area contributed by atoms with Crippen molar-refractivity contribution in [2.24, 2.45) is 0 Å². The van der Waals surface area contributed by atoms with E-state index < -0.39 is 0 Å². The third kappa shape index (κ3) is 2.59. The molecular weight excluding hydrogens is 226 g/mol. The van der Waals surface area contributed by atoms with E-state index in [0.29, 0.717) is 6.04 Å². The SMILES string of the molecule is CCNC(CC)Cn1ncc(=O)c2ccccc21. The van der Waals surface area contributed by atoms with Gasteiger partial charge in [0.25, 0.3) is 0 Å². The van der Waals surface area contributed by atoms with Crippen molar-refractivity contribution in [3.63, 3.8) is 0 Å². The molecule has 1 N–H and O–H groups in total. The van der Waals surface area contributed by atoms with E-state index in [1.807, 2.05) is 28.9 Å². The topological polar surface area (TPSA) is 46.9 Å². The third-order valence-electron chi connectivity index (χ3n) is 3.14. The van der Waals surface area contributed by atoms with Gasteiger partial charge < -0.3 is 5.32 Å². The second-order valence-electron chi connectivity index (χ2n) is 4.37. The fraction of sp³-hybridized carbons (Fsp3) is 0.429. The molecule has 0 bridgehead atoms. The standard InChI is InChI=1S/C14H19N3O/c1-3-11(15-4-2)10-17-13-8-6-5-7-12(13)14(18)9-16-17/h5-9,11,15H,3-4,10H2,1-2H3. The predicted octanol–water partition coefficient (Wildman–Crippen LogP) is 1.78. The highest BCUT2D eigenvalue weighted by molar-refractivity contribution is 5.77. The van der Waals surface area contributed by atoms with E-state index in [1.54, 1.807) is 0 Å². The number of likely N-dealkylation sites (N-methyl/N-ethyl adjacent to an activating group) is 1. The fourth-order valence-electron chi connectivity index (χ4n) is 2.14. The first-order valence-electron chi connectivity index (χ1n) is 6.44. The summed E-state index contributed by atoms with van der Waals surface area (Å²) < 4.78 is 1.91. The number of nitrogens with one attached hydrogen (secondary N) is 1. The van der Waals surface area contributed by atoms with E-state index in [9.17, 15) is 4.79 Å². The summed E-state index contributed by atoms with van der Waals surface area (Å²) in [5, 5.41) is 8.40. The van der Waals surface area contributed by atoms with Gasteiger partial charge in [0, 0.05) is 11.4 Å². The van der Waals surface area contributed by atoms with Gasteiger partial charge in [-0.1, -0.05) is 26.0 Å². The molecule has 1 aromatic heterocycles. The van der Waals surface area contributed by atoms with Crippen LogP contribution in [0.2, 0.25) is 0 Å². The van der Waals surface area contributed by atoms with Gasteiger partial charge in [0.05, 0.1) is 18.3 Å². The minimum absolute atomic E-state index is 0.0154. The van der Waals surface area contributed by atoms with Crippen LogP contribution in [-0.2, 0) is 6.54 Å². The summed E-state index contributed by atoms with van der Waals surface area (Å²) in [6.07, 6.45) is 2.44. The molecule has 1 atom stereocenters. The maximum absolute atomic E-state index is 11.7. The van der Waals surface area contributed by atoms with Crippen LogP contribution in [0, 0.1) is 0 Å². The van der Waals surface area contributed by atoms with Crippen molar-refractivity contribution in [1.29, 1.82) is 0 Å². The maximum atomic E-state index is 11.7. The molecule has 0 aliphatic carbocycles. The van der Waals surface area contributed by atoms with Crippen LogP contribution in [0.15, 0.2) is 35.3 Å². The first-order valence-corrected chi connectivity index (χ1v) is 6.44. The molecule has 96 valence electrons. The van der Waals surface area contributed by atoms with E-state index in [-0.39, 0.29) is 5.43 Å². The molecule has 4 nitrogen and oxygen atoms in total. The molecule has 1 unspecified atom stereocenters. The van der Waals surface area contributed by atoms with Crippen molar-refractivity contribution in [1.82, 2.24) is 15.1 Å². The van der Waals surface area contributed by atoms with E-state index in [1.165, 1.54) is 6.20 Å². The summed E-state index contributed by atoms with van der Waals surface area (Å²) in [6.45, 7) is 5.97. The molecule has 0 aliphatic rings. The monoisotopic (exact) mass is 245 g/mol. The Morgan fingerprint density at radius 3 is 2.83 bits per heavy atom. The van der Waals surface area contributed by atoms with Gasteiger partial charge in [0.15, 0.2) is 0 Å². The first kappa shape index (κ1) is 12.8. The molecule has 0 radical (unpaired) electrons. The van der Waals surface area contributed by atoms with E-state index in [0.717, 1.165) is 30.4 Å². The molecular formula is C14H19N3O. The average Bonchev–Trinajstić information content (AvgIpc) is 2.41. The molecule has 0 saturated carbocycles. The Hall–Kier alpha value is -1.68. The van der Waals surface area contributed by atoms with Crippen LogP contribution >= 0.6 is 0 Å². The lowest BCUT2D eigenvalue weighted by Crippen LogP contribution is -2.33. The van der Waals surface area contributed by atoms with Crippen molar-refractivity contribution in [2.45, 2.75) is 32.9 Å². The summed E-state index contributed by atoms with van der Waals surface area (Å²) >= 11 is 0. The Morgan fingerprint density at radius 2 is 2.11 bits per heavy atom. The number of fused-ring (bicyclic) bond motifs is 1. The van der Waals surface area contributed by atoms with Crippen molar-refractivity contribution in [3.8, 4) is 0 Å². The van der Waals surface area contributed by atoms with Gasteiger partial charge >= 0.3 is 0 Å². The van der Waals surface area contributed by atoms with Crippen molar-refractivity contribution in [3.05, 3.63) is 40.7 Å². The molecule has 2 aromatic rings. The van der Waals surface area contributed by atoms with Crippen LogP contribution in [0.4, 0.5) is 0 Å². The zero-order valence-electron chi connectivity index (χ0n) is 10.9. The normalized spacial score (nSPS) is 12.8. The number of hydrogen-bond donors (Lipinski definition) is 1. The van der Waals surface area contributed by atoms with E-state index in [4.69, 9.17) is 0 Å². The van der Waals surface area contributed by atoms with Gasteiger partial charge in [-0.2, -0.15) is 5.10 Å². The minimum atomic E-state index is -0.0154. The predicted molar refractivity (Wildman–Crippen MR) is 73.8 cm³/mol. The van der Waals surface area contributed by atoms with Crippen LogP contribution in [0.3, 0.4) is 0 Å². The highest BCUT2D eigenvalue weighted by atomic mass is 16.1. The molecule has 18 heavy (non-hydrogen) atoms. The first-order chi connectivity index (χ1) is 8.76. The average molecular weight is 245 g/mol. The van der Waals surface area contributed by atoms with Crippen LogP contribution in [-0.4, -0.2) is 22.4 Å². The smallest absolute Gasteiger partial charge is 0.207 e. The van der Waals surface area contributed by atoms with Gasteiger partial charge in [0.2, 0.25) is 5.43 Å². The second kappa shape index (κ2) is 5.78. The molecule has 0 aliphatic heterocycles. The van der Waals surface area contributed by atoms with Gasteiger partial charge in [-0.15, -0.1) is 0 Å². The Morgan fingerprint density at radius 1 is 1.33 bits per heavy atom. The van der Waals surface area contributed by atoms with Crippen molar-refractivity contribution < 1.29 is 0 Å². The van der Waals surface area contributed by atoms with Gasteiger partial charge in [0.1, 0.15) is 0 Å². The van der Waals surface area contributed by atoms with Crippen molar-refractivity contribution in [2.75, 3.05) is 6.54 Å². The number of hydrogen-bond acceptors (Lipinski definition) is 3. The summed E-state index contributed by atoms with van der Waals surface area (Å²) in [5.41, 5.74) is 0.889. The van der Waals surface area contributed by atoms with E-state index in [2.05, 4.69) is 24.3 Å². The third-order valence-corrected chi connectivity index (χ3v) is 3.14. The molecule has 0 amide bonds. The molecule has 0 spiro atoms. The number of nitrogens with zero attached hydrogens (tertiary/aromatic N) is 2. The summed E-state index contributed by atoms with van der Waals surface area (Å²) in [4.78, 5) is 11.7. The quantitative estimate of drug-likeness (QED) is 0.873. The number of benzene rings is 1. The van der Waals surface area contributed by atoms with Crippen LogP contribution in [0.1, 0.15) is 20.3 Å². The summed E-state index contributed by atoms with van der Waals surface area (Å²) in [7, 11) is 0. The molecule has 1 aromatic carbocycles. The Kier molecular flexibility index (Phi) is 4.10. The zero-order chi connectivity index (χ0) is 13.0. The van der Waals surface area contributed by atoms with E-state index >= 15 is 0 Å². The maximum Gasteiger partial charge on any atom is 0.207 e. The zero-order valence-corrected chi connectivity index (χ0v) is 10.9. The molecule has 2 rings (SSSR count). The number of para-hydroxylation sites is 1. The van der Waals surface area contributed by atoms with Gasteiger partial charge in [-0.3, -0.25) is 9.48 Å². The summed E-state index contributed by atoms with van der Waals surface area (Å²) in [6, 6.07) is 8.00.